The summed E-state index contributed by atoms with van der Waals surface area (Å²) in [6, 6.07) is 7.91. The highest BCUT2D eigenvalue weighted by atomic mass is 35.5. The molecule has 1 aromatic carbocycles. The minimum absolute atomic E-state index is 0.0775. The van der Waals surface area contributed by atoms with E-state index < -0.39 is 15.9 Å². The monoisotopic (exact) mass is 384 g/mol. The number of rotatable bonds is 4. The van der Waals surface area contributed by atoms with Crippen LogP contribution in [-0.2, 0) is 22.9 Å². The largest absolute Gasteiger partial charge is 0.276 e. The van der Waals surface area contributed by atoms with Crippen molar-refractivity contribution in [1.29, 1.82) is 0 Å². The molecule has 0 radical (unpaired) electrons. The molecule has 1 aliphatic carbocycles. The molecule has 0 aliphatic heterocycles. The maximum atomic E-state index is 12.2. The fraction of sp³-hybridized carbons (Fsp3) is 0.312. The van der Waals surface area contributed by atoms with Gasteiger partial charge in [0.15, 0.2) is 0 Å². The van der Waals surface area contributed by atoms with Crippen LogP contribution in [0.3, 0.4) is 0 Å². The molecule has 2 N–H and O–H groups in total. The number of aryl methyl sites for hydroxylation is 1. The first-order valence-electron chi connectivity index (χ1n) is 7.55. The van der Waals surface area contributed by atoms with E-state index in [1.807, 2.05) is 6.07 Å². The van der Waals surface area contributed by atoms with Crippen LogP contribution in [0.15, 0.2) is 35.2 Å². The number of hydrazine groups is 1. The van der Waals surface area contributed by atoms with E-state index in [-0.39, 0.29) is 9.92 Å². The lowest BCUT2D eigenvalue weighted by Crippen LogP contribution is -2.41. The number of sulfonamides is 1. The number of amides is 1. The van der Waals surface area contributed by atoms with Crippen LogP contribution >= 0.6 is 22.9 Å². The molecule has 0 fully saturated rings. The maximum Gasteiger partial charge on any atom is 0.276 e. The van der Waals surface area contributed by atoms with Gasteiger partial charge >= 0.3 is 0 Å². The van der Waals surface area contributed by atoms with Crippen molar-refractivity contribution < 1.29 is 13.2 Å². The van der Waals surface area contributed by atoms with Gasteiger partial charge in [-0.05, 0) is 48.9 Å². The van der Waals surface area contributed by atoms with Crippen LogP contribution in [0.25, 0.3) is 0 Å². The highest BCUT2D eigenvalue weighted by Crippen LogP contribution is 2.32. The quantitative estimate of drug-likeness (QED) is 0.795. The lowest BCUT2D eigenvalue weighted by molar-refractivity contribution is 0.0949. The molecule has 3 rings (SSSR count). The van der Waals surface area contributed by atoms with Crippen LogP contribution in [0.1, 0.15) is 33.5 Å². The van der Waals surface area contributed by atoms with Crippen molar-refractivity contribution >= 4 is 38.9 Å². The summed E-state index contributed by atoms with van der Waals surface area (Å²) in [4.78, 5) is 16.0. The second-order valence-electron chi connectivity index (χ2n) is 5.90. The van der Waals surface area contributed by atoms with E-state index in [1.165, 1.54) is 33.9 Å². The molecular weight excluding hydrogens is 368 g/mol. The molecule has 1 heterocycles. The number of thiophene rings is 1. The highest BCUT2D eigenvalue weighted by Gasteiger charge is 2.22. The number of halogens is 1. The summed E-state index contributed by atoms with van der Waals surface area (Å²) in [5.41, 5.74) is 3.45. The molecule has 24 heavy (non-hydrogen) atoms. The Morgan fingerprint density at radius 1 is 1.33 bits per heavy atom. The third-order valence-electron chi connectivity index (χ3n) is 3.98. The van der Waals surface area contributed by atoms with Crippen LogP contribution in [0.4, 0.5) is 0 Å². The first-order chi connectivity index (χ1) is 11.4. The van der Waals surface area contributed by atoms with Crippen LogP contribution in [0, 0.1) is 5.92 Å². The molecule has 0 spiro atoms. The van der Waals surface area contributed by atoms with Gasteiger partial charge in [0.25, 0.3) is 15.9 Å². The topological polar surface area (TPSA) is 75.3 Å². The van der Waals surface area contributed by atoms with Crippen LogP contribution in [-0.4, -0.2) is 14.3 Å². The summed E-state index contributed by atoms with van der Waals surface area (Å²) < 4.78 is 24.4. The van der Waals surface area contributed by atoms with Gasteiger partial charge in [0.1, 0.15) is 4.90 Å². The Morgan fingerprint density at radius 3 is 2.83 bits per heavy atom. The van der Waals surface area contributed by atoms with E-state index in [2.05, 4.69) is 17.2 Å². The Balaban J connectivity index is 1.71. The third-order valence-corrected chi connectivity index (χ3v) is 6.96. The smallest absolute Gasteiger partial charge is 0.273 e. The first kappa shape index (κ1) is 17.4. The Morgan fingerprint density at radius 2 is 2.08 bits per heavy atom. The van der Waals surface area contributed by atoms with E-state index in [0.717, 1.165) is 19.3 Å². The van der Waals surface area contributed by atoms with E-state index in [1.54, 1.807) is 12.1 Å². The molecule has 5 nitrogen and oxygen atoms in total. The van der Waals surface area contributed by atoms with Crippen LogP contribution in [0.5, 0.6) is 0 Å². The number of hydrogen-bond acceptors (Lipinski definition) is 4. The van der Waals surface area contributed by atoms with Crippen LogP contribution in [0.2, 0.25) is 5.02 Å². The minimum Gasteiger partial charge on any atom is -0.273 e. The molecule has 128 valence electrons. The fourth-order valence-electron chi connectivity index (χ4n) is 2.71. The van der Waals surface area contributed by atoms with Crippen molar-refractivity contribution in [2.75, 3.05) is 0 Å². The van der Waals surface area contributed by atoms with Gasteiger partial charge in [0.2, 0.25) is 0 Å². The van der Waals surface area contributed by atoms with Gasteiger partial charge in [-0.3, -0.25) is 10.2 Å². The zero-order chi connectivity index (χ0) is 17.3. The molecule has 1 atom stereocenters. The summed E-state index contributed by atoms with van der Waals surface area (Å²) in [6.45, 7) is 2.19. The summed E-state index contributed by atoms with van der Waals surface area (Å²) >= 11 is 7.32. The third kappa shape index (κ3) is 3.64. The Bertz CT molecular complexity index is 877. The van der Waals surface area contributed by atoms with Gasteiger partial charge in [-0.15, -0.1) is 16.2 Å². The van der Waals surface area contributed by atoms with Gasteiger partial charge in [0, 0.05) is 4.88 Å². The predicted molar refractivity (Wildman–Crippen MR) is 94.7 cm³/mol. The normalized spacial score (nSPS) is 17.3. The van der Waals surface area contributed by atoms with Crippen molar-refractivity contribution in [2.24, 2.45) is 5.92 Å². The summed E-state index contributed by atoms with van der Waals surface area (Å²) in [5.74, 6) is 0.152. The summed E-state index contributed by atoms with van der Waals surface area (Å²) in [6.07, 6.45) is 3.05. The van der Waals surface area contributed by atoms with Gasteiger partial charge in [0.05, 0.1) is 9.90 Å². The minimum atomic E-state index is -3.91. The van der Waals surface area contributed by atoms with Crippen molar-refractivity contribution in [3.05, 3.63) is 50.7 Å². The Hall–Kier alpha value is -1.41. The predicted octanol–water partition coefficient (Wildman–Crippen LogP) is 3.15. The summed E-state index contributed by atoms with van der Waals surface area (Å²) in [5, 5.41) is 0.0971. The lowest BCUT2D eigenvalue weighted by atomic mass is 9.90. The van der Waals surface area contributed by atoms with Crippen LogP contribution < -0.4 is 10.3 Å². The van der Waals surface area contributed by atoms with Gasteiger partial charge in [-0.25, -0.2) is 8.42 Å². The molecule has 1 aromatic heterocycles. The number of hydrogen-bond donors (Lipinski definition) is 2. The zero-order valence-electron chi connectivity index (χ0n) is 13.0. The van der Waals surface area contributed by atoms with Crippen molar-refractivity contribution in [3.63, 3.8) is 0 Å². The molecule has 0 bridgehead atoms. The van der Waals surface area contributed by atoms with Gasteiger partial charge in [-0.2, -0.15) is 0 Å². The fourth-order valence-corrected chi connectivity index (χ4v) is 5.17. The van der Waals surface area contributed by atoms with E-state index >= 15 is 0 Å². The standard InChI is InChI=1S/C16H17ClN2O3S2/c1-10-6-7-13-11(8-10)9-14(23-13)16(20)18-19-24(21,22)15-5-3-2-4-12(15)17/h2-5,9-10,19H,6-8H2,1H3,(H,18,20)/t10-/m1/s1. The molecule has 0 saturated heterocycles. The SMILES string of the molecule is C[C@@H]1CCc2sc(C(=O)NNS(=O)(=O)c3ccccc3Cl)cc2C1. The molecule has 2 aromatic rings. The maximum absolute atomic E-state index is 12.2. The second kappa shape index (κ2) is 6.84. The number of carbonyl (C=O) groups excluding carboxylic acids is 1. The van der Waals surface area contributed by atoms with Crippen molar-refractivity contribution in [1.82, 2.24) is 10.3 Å². The van der Waals surface area contributed by atoms with E-state index in [0.29, 0.717) is 10.8 Å². The number of nitrogens with one attached hydrogen (secondary N) is 2. The van der Waals surface area contributed by atoms with E-state index in [9.17, 15) is 13.2 Å². The second-order valence-corrected chi connectivity index (χ2v) is 9.09. The number of benzene rings is 1. The van der Waals surface area contributed by atoms with Gasteiger partial charge in [-0.1, -0.05) is 30.7 Å². The average Bonchev–Trinajstić information content (AvgIpc) is 2.96. The number of fused-ring (bicyclic) bond motifs is 1. The summed E-state index contributed by atoms with van der Waals surface area (Å²) in [7, 11) is -3.91. The zero-order valence-corrected chi connectivity index (χ0v) is 15.4. The molecular formula is C16H17ClN2O3S2. The van der Waals surface area contributed by atoms with Crippen molar-refractivity contribution in [2.45, 2.75) is 31.1 Å². The Kier molecular flexibility index (Phi) is 4.96. The molecule has 0 unspecified atom stereocenters. The van der Waals surface area contributed by atoms with E-state index in [4.69, 9.17) is 11.6 Å². The van der Waals surface area contributed by atoms with Crippen molar-refractivity contribution in [3.8, 4) is 0 Å². The highest BCUT2D eigenvalue weighted by molar-refractivity contribution is 7.89. The van der Waals surface area contributed by atoms with Gasteiger partial charge < -0.3 is 0 Å². The Labute approximate surface area is 150 Å². The lowest BCUT2D eigenvalue weighted by Gasteiger charge is -2.16. The molecule has 1 aliphatic rings. The average molecular weight is 385 g/mol. The molecule has 0 saturated carbocycles. The molecule has 1 amide bonds. The number of carbonyl (C=O) groups is 1. The molecule has 8 heteroatoms. The first-order valence-corrected chi connectivity index (χ1v) is 10.2.